The minimum absolute atomic E-state index is 0.0945. The lowest BCUT2D eigenvalue weighted by atomic mass is 9.88. The lowest BCUT2D eigenvalue weighted by Crippen LogP contribution is -2.43. The molecule has 128 valence electrons. The van der Waals surface area contributed by atoms with E-state index in [1.165, 1.54) is 12.1 Å². The number of ether oxygens (including phenoxy) is 3. The third-order valence-corrected chi connectivity index (χ3v) is 5.17. The molecule has 0 aliphatic carbocycles. The molecule has 1 aromatic carbocycles. The summed E-state index contributed by atoms with van der Waals surface area (Å²) >= 11 is 0. The summed E-state index contributed by atoms with van der Waals surface area (Å²) in [4.78, 5) is 10.4. The van der Waals surface area contributed by atoms with Crippen molar-refractivity contribution in [1.82, 2.24) is 0 Å². The van der Waals surface area contributed by atoms with Gasteiger partial charge in [-0.3, -0.25) is 10.1 Å². The fourth-order valence-electron chi connectivity index (χ4n) is 4.25. The largest absolute Gasteiger partial charge is 0.359 e. The molecule has 0 aromatic heterocycles. The van der Waals surface area contributed by atoms with Gasteiger partial charge in [-0.2, -0.15) is 0 Å². The van der Waals surface area contributed by atoms with Crippen LogP contribution in [0.1, 0.15) is 39.7 Å². The number of nitro benzene ring substituents is 1. The van der Waals surface area contributed by atoms with E-state index in [0.29, 0.717) is 6.42 Å². The van der Waals surface area contributed by atoms with E-state index in [1.54, 1.807) is 12.1 Å². The summed E-state index contributed by atoms with van der Waals surface area (Å²) in [5.74, 6) is -0.611. The molecule has 0 unspecified atom stereocenters. The summed E-state index contributed by atoms with van der Waals surface area (Å²) in [6.45, 7) is 7.92. The Morgan fingerprint density at radius 3 is 2.33 bits per heavy atom. The molecule has 0 saturated carbocycles. The second-order valence-electron chi connectivity index (χ2n) is 7.73. The molecule has 2 bridgehead atoms. The molecule has 0 radical (unpaired) electrons. The van der Waals surface area contributed by atoms with Crippen molar-refractivity contribution in [1.29, 1.82) is 0 Å². The van der Waals surface area contributed by atoms with Crippen molar-refractivity contribution in [3.63, 3.8) is 0 Å². The van der Waals surface area contributed by atoms with Crippen molar-refractivity contribution in [3.05, 3.63) is 46.0 Å². The van der Waals surface area contributed by atoms with E-state index in [-0.39, 0.29) is 22.8 Å². The van der Waals surface area contributed by atoms with Crippen LogP contribution in [0.2, 0.25) is 0 Å². The molecular formula is C18H21NO5. The normalized spacial score (nSPS) is 39.4. The van der Waals surface area contributed by atoms with Crippen LogP contribution < -0.4 is 0 Å². The topological polar surface area (TPSA) is 70.8 Å². The molecule has 4 atom stereocenters. The monoisotopic (exact) mass is 331 g/mol. The predicted molar refractivity (Wildman–Crippen MR) is 87.4 cm³/mol. The van der Waals surface area contributed by atoms with Crippen LogP contribution in [0.4, 0.5) is 5.69 Å². The van der Waals surface area contributed by atoms with Crippen molar-refractivity contribution in [3.8, 4) is 0 Å². The second-order valence-corrected chi connectivity index (χ2v) is 7.73. The van der Waals surface area contributed by atoms with Gasteiger partial charge in [0.1, 0.15) is 17.8 Å². The molecule has 6 heteroatoms. The molecule has 0 spiro atoms. The highest BCUT2D eigenvalue weighted by atomic mass is 16.8. The van der Waals surface area contributed by atoms with Crippen LogP contribution in [0.25, 0.3) is 5.57 Å². The zero-order valence-electron chi connectivity index (χ0n) is 14.2. The number of benzene rings is 1. The van der Waals surface area contributed by atoms with E-state index in [9.17, 15) is 10.1 Å². The van der Waals surface area contributed by atoms with E-state index in [4.69, 9.17) is 14.2 Å². The number of hydrogen-bond donors (Lipinski definition) is 0. The van der Waals surface area contributed by atoms with Crippen LogP contribution in [0.15, 0.2) is 30.3 Å². The lowest BCUT2D eigenvalue weighted by Gasteiger charge is -2.38. The SMILES string of the molecule is CC1(C)O[C@@H]2[C@H](O1)[C@@]1(C)C=C(c3ccc([N+](=O)[O-])cc3)C[C@]2(C)O1. The van der Waals surface area contributed by atoms with E-state index in [0.717, 1.165) is 11.1 Å². The van der Waals surface area contributed by atoms with Crippen molar-refractivity contribution in [2.45, 2.75) is 63.3 Å². The van der Waals surface area contributed by atoms with Gasteiger partial charge in [0.05, 0.1) is 10.5 Å². The molecule has 1 aromatic rings. The summed E-state index contributed by atoms with van der Waals surface area (Å²) in [6, 6.07) is 6.66. The van der Waals surface area contributed by atoms with Crippen LogP contribution in [0.5, 0.6) is 0 Å². The summed E-state index contributed by atoms with van der Waals surface area (Å²) in [6.07, 6.45) is 2.48. The number of fused-ring (bicyclic) bond motifs is 5. The first-order valence-electron chi connectivity index (χ1n) is 8.14. The minimum atomic E-state index is -0.611. The number of non-ortho nitro benzene ring substituents is 1. The number of hydrogen-bond acceptors (Lipinski definition) is 5. The Morgan fingerprint density at radius 1 is 1.08 bits per heavy atom. The summed E-state index contributed by atoms with van der Waals surface area (Å²) in [5, 5.41) is 10.8. The molecule has 0 amide bonds. The zero-order valence-corrected chi connectivity index (χ0v) is 14.2. The molecule has 2 saturated heterocycles. The number of rotatable bonds is 2. The Morgan fingerprint density at radius 2 is 1.71 bits per heavy atom. The van der Waals surface area contributed by atoms with Gasteiger partial charge in [-0.25, -0.2) is 0 Å². The van der Waals surface area contributed by atoms with Crippen molar-refractivity contribution in [2.75, 3.05) is 0 Å². The Kier molecular flexibility index (Phi) is 3.05. The highest BCUT2D eigenvalue weighted by molar-refractivity contribution is 5.70. The Bertz CT molecular complexity index is 740. The molecule has 2 fully saturated rings. The second kappa shape index (κ2) is 4.65. The maximum Gasteiger partial charge on any atom is 0.269 e. The Balaban J connectivity index is 1.71. The maximum atomic E-state index is 10.8. The maximum absolute atomic E-state index is 10.8. The van der Waals surface area contributed by atoms with E-state index < -0.39 is 17.0 Å². The molecule has 0 N–H and O–H groups in total. The van der Waals surface area contributed by atoms with Crippen LogP contribution in [-0.2, 0) is 14.2 Å². The van der Waals surface area contributed by atoms with E-state index in [1.807, 2.05) is 20.8 Å². The van der Waals surface area contributed by atoms with E-state index in [2.05, 4.69) is 13.0 Å². The number of nitrogens with zero attached hydrogens (tertiary/aromatic N) is 1. The average molecular weight is 331 g/mol. The molecule has 3 aliphatic heterocycles. The highest BCUT2D eigenvalue weighted by Gasteiger charge is 2.66. The van der Waals surface area contributed by atoms with Crippen molar-refractivity contribution in [2.24, 2.45) is 0 Å². The highest BCUT2D eigenvalue weighted by Crippen LogP contribution is 2.55. The fraction of sp³-hybridized carbons (Fsp3) is 0.556. The molecule has 24 heavy (non-hydrogen) atoms. The van der Waals surface area contributed by atoms with Gasteiger partial charge in [0.25, 0.3) is 5.69 Å². The van der Waals surface area contributed by atoms with Crippen LogP contribution >= 0.6 is 0 Å². The summed E-state index contributed by atoms with van der Waals surface area (Å²) in [7, 11) is 0. The van der Waals surface area contributed by atoms with Gasteiger partial charge >= 0.3 is 0 Å². The standard InChI is InChI=1S/C18H21NO5/c1-16(2)22-14-15(23-16)18(4)10-12(9-17(14,3)24-18)11-5-7-13(8-6-11)19(20)21/h5-9,14-15H,10H2,1-4H3/t14-,15+,17+,18-/m0/s1. The molecule has 3 heterocycles. The molecular weight excluding hydrogens is 310 g/mol. The van der Waals surface area contributed by atoms with Crippen LogP contribution in [-0.4, -0.2) is 34.1 Å². The van der Waals surface area contributed by atoms with Gasteiger partial charge in [-0.15, -0.1) is 0 Å². The van der Waals surface area contributed by atoms with Crippen LogP contribution in [0.3, 0.4) is 0 Å². The summed E-state index contributed by atoms with van der Waals surface area (Å²) in [5.41, 5.74) is 1.14. The van der Waals surface area contributed by atoms with Gasteiger partial charge < -0.3 is 14.2 Å². The Hall–Kier alpha value is -1.76. The minimum Gasteiger partial charge on any atom is -0.359 e. The van der Waals surface area contributed by atoms with E-state index >= 15 is 0 Å². The zero-order chi connectivity index (χ0) is 17.3. The smallest absolute Gasteiger partial charge is 0.269 e. The first-order valence-corrected chi connectivity index (χ1v) is 8.14. The third kappa shape index (κ3) is 2.21. The van der Waals surface area contributed by atoms with Crippen LogP contribution in [0, 0.1) is 10.1 Å². The molecule has 6 nitrogen and oxygen atoms in total. The third-order valence-electron chi connectivity index (χ3n) is 5.17. The number of nitro groups is 1. The van der Waals surface area contributed by atoms with Gasteiger partial charge in [0.2, 0.25) is 0 Å². The van der Waals surface area contributed by atoms with Gasteiger partial charge in [0.15, 0.2) is 5.79 Å². The molecule has 3 aliphatic rings. The van der Waals surface area contributed by atoms with Crippen molar-refractivity contribution < 1.29 is 19.1 Å². The quantitative estimate of drug-likeness (QED) is 0.613. The molecule has 4 rings (SSSR count). The van der Waals surface area contributed by atoms with Gasteiger partial charge in [-0.05, 0) is 57.0 Å². The first-order chi connectivity index (χ1) is 11.1. The summed E-state index contributed by atoms with van der Waals surface area (Å²) < 4.78 is 18.5. The van der Waals surface area contributed by atoms with Gasteiger partial charge in [0, 0.05) is 18.6 Å². The Labute approximate surface area is 140 Å². The first kappa shape index (κ1) is 15.7. The lowest BCUT2D eigenvalue weighted by molar-refractivity contribution is -0.384. The van der Waals surface area contributed by atoms with Crippen molar-refractivity contribution >= 4 is 11.3 Å². The fourth-order valence-corrected chi connectivity index (χ4v) is 4.25. The predicted octanol–water partition coefficient (Wildman–Crippen LogP) is 3.45. The van der Waals surface area contributed by atoms with Gasteiger partial charge in [-0.1, -0.05) is 0 Å². The average Bonchev–Trinajstić information content (AvgIpc) is 2.89.